The number of oxazole rings is 1. The number of amides is 1. The molecule has 4 aromatic rings. The van der Waals surface area contributed by atoms with Crippen LogP contribution in [0.15, 0.2) is 65.1 Å². The third-order valence-corrected chi connectivity index (χ3v) is 4.70. The van der Waals surface area contributed by atoms with E-state index in [2.05, 4.69) is 10.3 Å². The standard InChI is InChI=1S/C20H11Cl2N3O4/c21-11-5-7-13(15(22)9-11)20-24-16-10-12(6-8-18(16)29-20)23-19(26)14-3-1-2-4-17(14)25(27)28/h1-10H,(H,23,26). The van der Waals surface area contributed by atoms with Gasteiger partial charge in [-0.25, -0.2) is 4.98 Å². The lowest BCUT2D eigenvalue weighted by molar-refractivity contribution is -0.385. The van der Waals surface area contributed by atoms with E-state index < -0.39 is 10.8 Å². The Balaban J connectivity index is 1.65. The van der Waals surface area contributed by atoms with Gasteiger partial charge in [0.25, 0.3) is 11.6 Å². The number of anilines is 1. The molecule has 0 aliphatic rings. The number of nitro benzene ring substituents is 1. The van der Waals surface area contributed by atoms with Gasteiger partial charge in [0.05, 0.1) is 15.5 Å². The fraction of sp³-hybridized carbons (Fsp3) is 0. The van der Waals surface area contributed by atoms with Crippen LogP contribution in [0.4, 0.5) is 11.4 Å². The third-order valence-electron chi connectivity index (χ3n) is 4.15. The molecule has 0 unspecified atom stereocenters. The summed E-state index contributed by atoms with van der Waals surface area (Å²) >= 11 is 12.1. The van der Waals surface area contributed by atoms with Crippen molar-refractivity contribution in [3.8, 4) is 11.5 Å². The minimum absolute atomic E-state index is 0.0358. The summed E-state index contributed by atoms with van der Waals surface area (Å²) in [5, 5.41) is 14.7. The molecule has 0 fully saturated rings. The number of benzene rings is 3. The van der Waals surface area contributed by atoms with Crippen molar-refractivity contribution < 1.29 is 14.1 Å². The normalized spacial score (nSPS) is 10.8. The number of rotatable bonds is 4. The average molecular weight is 428 g/mol. The van der Waals surface area contributed by atoms with Gasteiger partial charge in [0.1, 0.15) is 11.1 Å². The van der Waals surface area contributed by atoms with E-state index in [-0.39, 0.29) is 11.3 Å². The largest absolute Gasteiger partial charge is 0.436 e. The van der Waals surface area contributed by atoms with E-state index >= 15 is 0 Å². The number of hydrogen-bond acceptors (Lipinski definition) is 5. The van der Waals surface area contributed by atoms with E-state index in [0.29, 0.717) is 38.3 Å². The number of fused-ring (bicyclic) bond motifs is 1. The van der Waals surface area contributed by atoms with Crippen LogP contribution in [0.25, 0.3) is 22.6 Å². The molecule has 0 saturated heterocycles. The average Bonchev–Trinajstić information content (AvgIpc) is 3.10. The number of para-hydroxylation sites is 1. The maximum Gasteiger partial charge on any atom is 0.282 e. The third kappa shape index (κ3) is 3.78. The van der Waals surface area contributed by atoms with Gasteiger partial charge in [0.15, 0.2) is 5.58 Å². The zero-order valence-corrected chi connectivity index (χ0v) is 16.1. The van der Waals surface area contributed by atoms with Gasteiger partial charge < -0.3 is 9.73 Å². The second-order valence-corrected chi connectivity index (χ2v) is 6.90. The minimum atomic E-state index is -0.599. The summed E-state index contributed by atoms with van der Waals surface area (Å²) in [5.74, 6) is -0.287. The van der Waals surface area contributed by atoms with Crippen LogP contribution in [-0.4, -0.2) is 15.8 Å². The summed E-state index contributed by atoms with van der Waals surface area (Å²) < 4.78 is 5.73. The lowest BCUT2D eigenvalue weighted by Crippen LogP contribution is -2.13. The quantitative estimate of drug-likeness (QED) is 0.319. The molecule has 1 aromatic heterocycles. The van der Waals surface area contributed by atoms with Crippen LogP contribution in [0.5, 0.6) is 0 Å². The highest BCUT2D eigenvalue weighted by Crippen LogP contribution is 2.32. The van der Waals surface area contributed by atoms with E-state index in [1.807, 2.05) is 0 Å². The second-order valence-electron chi connectivity index (χ2n) is 6.05. The highest BCUT2D eigenvalue weighted by Gasteiger charge is 2.20. The van der Waals surface area contributed by atoms with Gasteiger partial charge in [-0.3, -0.25) is 14.9 Å². The number of aromatic nitrogens is 1. The number of nitro groups is 1. The van der Waals surface area contributed by atoms with Gasteiger partial charge in [-0.1, -0.05) is 35.3 Å². The Hall–Kier alpha value is -3.42. The van der Waals surface area contributed by atoms with Crippen LogP contribution in [-0.2, 0) is 0 Å². The molecule has 0 bridgehead atoms. The van der Waals surface area contributed by atoms with E-state index in [9.17, 15) is 14.9 Å². The Morgan fingerprint density at radius 1 is 1.07 bits per heavy atom. The molecule has 0 aliphatic carbocycles. The molecular weight excluding hydrogens is 417 g/mol. The molecule has 1 heterocycles. The summed E-state index contributed by atoms with van der Waals surface area (Å²) in [4.78, 5) is 27.4. The van der Waals surface area contributed by atoms with Gasteiger partial charge in [-0.2, -0.15) is 0 Å². The van der Waals surface area contributed by atoms with Crippen LogP contribution in [0, 0.1) is 10.1 Å². The molecule has 4 rings (SSSR count). The molecule has 0 aliphatic heterocycles. The van der Waals surface area contributed by atoms with Gasteiger partial charge in [0.2, 0.25) is 5.89 Å². The number of carbonyl (C=O) groups is 1. The molecule has 0 saturated carbocycles. The smallest absolute Gasteiger partial charge is 0.282 e. The topological polar surface area (TPSA) is 98.3 Å². The number of halogens is 2. The maximum atomic E-state index is 12.5. The molecule has 3 aromatic carbocycles. The summed E-state index contributed by atoms with van der Waals surface area (Å²) in [6.07, 6.45) is 0. The number of hydrogen-bond donors (Lipinski definition) is 1. The maximum absolute atomic E-state index is 12.5. The molecule has 29 heavy (non-hydrogen) atoms. The number of nitrogens with one attached hydrogen (secondary N) is 1. The predicted molar refractivity (Wildman–Crippen MR) is 111 cm³/mol. The fourth-order valence-corrected chi connectivity index (χ4v) is 3.30. The Morgan fingerprint density at radius 3 is 2.62 bits per heavy atom. The van der Waals surface area contributed by atoms with Crippen molar-refractivity contribution in [1.29, 1.82) is 0 Å². The van der Waals surface area contributed by atoms with Crippen molar-refractivity contribution in [3.63, 3.8) is 0 Å². The van der Waals surface area contributed by atoms with E-state index in [1.54, 1.807) is 42.5 Å². The molecule has 0 radical (unpaired) electrons. The SMILES string of the molecule is O=C(Nc1ccc2oc(-c3ccc(Cl)cc3Cl)nc2c1)c1ccccc1[N+](=O)[O-]. The van der Waals surface area contributed by atoms with Crippen molar-refractivity contribution in [2.75, 3.05) is 5.32 Å². The summed E-state index contributed by atoms with van der Waals surface area (Å²) in [6.45, 7) is 0. The lowest BCUT2D eigenvalue weighted by Gasteiger charge is -2.05. The van der Waals surface area contributed by atoms with Crippen molar-refractivity contribution in [2.24, 2.45) is 0 Å². The Morgan fingerprint density at radius 2 is 1.86 bits per heavy atom. The first-order valence-corrected chi connectivity index (χ1v) is 9.09. The molecule has 9 heteroatoms. The first-order valence-electron chi connectivity index (χ1n) is 8.33. The van der Waals surface area contributed by atoms with Crippen molar-refractivity contribution in [3.05, 3.63) is 86.4 Å². The van der Waals surface area contributed by atoms with Gasteiger partial charge >= 0.3 is 0 Å². The number of carbonyl (C=O) groups excluding carboxylic acids is 1. The summed E-state index contributed by atoms with van der Waals surface area (Å²) in [5.41, 5.74) is 1.68. The van der Waals surface area contributed by atoms with E-state index in [0.717, 1.165) is 0 Å². The second kappa shape index (κ2) is 7.54. The van der Waals surface area contributed by atoms with Gasteiger partial charge in [-0.15, -0.1) is 0 Å². The summed E-state index contributed by atoms with van der Waals surface area (Å²) in [6, 6.07) is 15.6. The molecular formula is C20H11Cl2N3O4. The zero-order valence-electron chi connectivity index (χ0n) is 14.6. The highest BCUT2D eigenvalue weighted by molar-refractivity contribution is 6.36. The van der Waals surface area contributed by atoms with Crippen LogP contribution < -0.4 is 5.32 Å². The monoisotopic (exact) mass is 427 g/mol. The predicted octanol–water partition coefficient (Wildman–Crippen LogP) is 5.96. The molecule has 0 spiro atoms. The molecule has 1 N–H and O–H groups in total. The van der Waals surface area contributed by atoms with Crippen molar-refractivity contribution in [2.45, 2.75) is 0 Å². The Labute approximate surface area is 174 Å². The number of nitrogens with zero attached hydrogens (tertiary/aromatic N) is 2. The first-order chi connectivity index (χ1) is 13.9. The highest BCUT2D eigenvalue weighted by atomic mass is 35.5. The van der Waals surface area contributed by atoms with E-state index in [4.69, 9.17) is 27.6 Å². The Kier molecular flexibility index (Phi) is 4.92. The van der Waals surface area contributed by atoms with Gasteiger partial charge in [-0.05, 0) is 42.5 Å². The van der Waals surface area contributed by atoms with Crippen LogP contribution in [0.1, 0.15) is 10.4 Å². The molecule has 7 nitrogen and oxygen atoms in total. The van der Waals surface area contributed by atoms with Crippen LogP contribution in [0.2, 0.25) is 10.0 Å². The van der Waals surface area contributed by atoms with E-state index in [1.165, 1.54) is 18.2 Å². The molecule has 144 valence electrons. The lowest BCUT2D eigenvalue weighted by atomic mass is 10.1. The fourth-order valence-electron chi connectivity index (χ4n) is 2.81. The van der Waals surface area contributed by atoms with Crippen LogP contribution in [0.3, 0.4) is 0 Å². The van der Waals surface area contributed by atoms with Gasteiger partial charge in [0, 0.05) is 16.8 Å². The van der Waals surface area contributed by atoms with Crippen molar-refractivity contribution >= 4 is 51.6 Å². The first kappa shape index (κ1) is 18.9. The zero-order chi connectivity index (χ0) is 20.5. The molecule has 0 atom stereocenters. The summed E-state index contributed by atoms with van der Waals surface area (Å²) in [7, 11) is 0. The van der Waals surface area contributed by atoms with Crippen LogP contribution >= 0.6 is 23.2 Å². The Bertz CT molecular complexity index is 1270. The molecule has 1 amide bonds. The van der Waals surface area contributed by atoms with Crippen molar-refractivity contribution in [1.82, 2.24) is 4.98 Å². The minimum Gasteiger partial charge on any atom is -0.436 e.